The van der Waals surface area contributed by atoms with Crippen LogP contribution in [0.15, 0.2) is 0 Å². The van der Waals surface area contributed by atoms with Crippen molar-refractivity contribution in [3.05, 3.63) is 0 Å². The molecule has 2 unspecified atom stereocenters. The average Bonchev–Trinajstić information content (AvgIpc) is 3.24. The van der Waals surface area contributed by atoms with Gasteiger partial charge in [0.15, 0.2) is 0 Å². The lowest BCUT2D eigenvalue weighted by atomic mass is 9.64. The van der Waals surface area contributed by atoms with Crippen LogP contribution in [-0.2, 0) is 18.9 Å². The number of amides is 2. The molecule has 3 rings (SSSR count). The summed E-state index contributed by atoms with van der Waals surface area (Å²) in [6, 6.07) is 0. The van der Waals surface area contributed by atoms with Gasteiger partial charge in [-0.2, -0.15) is 0 Å². The number of carbonyl (C=O) groups excluding carboxylic acids is 2. The second-order valence-corrected chi connectivity index (χ2v) is 11.0. The van der Waals surface area contributed by atoms with Crippen molar-refractivity contribution in [2.24, 2.45) is 17.6 Å². The molecule has 0 radical (unpaired) electrons. The molecule has 2 amide bonds. The van der Waals surface area contributed by atoms with Crippen LogP contribution in [0.5, 0.6) is 0 Å². The van der Waals surface area contributed by atoms with Crippen LogP contribution in [-0.4, -0.2) is 60.2 Å². The number of hydrogen-bond acceptors (Lipinski definition) is 5. The van der Waals surface area contributed by atoms with Gasteiger partial charge in [-0.15, -0.1) is 0 Å². The Morgan fingerprint density at radius 2 is 1.68 bits per heavy atom. The minimum absolute atomic E-state index is 0.0857. The number of nitrogens with two attached hydrogens (primary N) is 1. The lowest BCUT2D eigenvalue weighted by molar-refractivity contribution is -0.136. The fraction of sp³-hybridized carbons (Fsp3) is 0.913. The maximum Gasteiger partial charge on any atom is 0.457 e. The Kier molecular flexibility index (Phi) is 7.44. The molecule has 31 heavy (non-hydrogen) atoms. The van der Waals surface area contributed by atoms with E-state index in [1.54, 1.807) is 0 Å². The highest BCUT2D eigenvalue weighted by Crippen LogP contribution is 2.43. The van der Waals surface area contributed by atoms with E-state index in [-0.39, 0.29) is 30.1 Å². The maximum atomic E-state index is 12.7. The van der Waals surface area contributed by atoms with Crippen molar-refractivity contribution >= 4 is 18.9 Å². The predicted molar refractivity (Wildman–Crippen MR) is 122 cm³/mol. The van der Waals surface area contributed by atoms with Gasteiger partial charge in [0, 0.05) is 6.92 Å². The number of nitrogens with zero attached hydrogens (tertiary/aromatic N) is 1. The van der Waals surface area contributed by atoms with E-state index in [1.165, 1.54) is 19.8 Å². The van der Waals surface area contributed by atoms with E-state index in [2.05, 4.69) is 37.9 Å². The summed E-state index contributed by atoms with van der Waals surface area (Å²) in [5.74, 6) is -0.185. The molecule has 3 N–H and O–H groups in total. The Labute approximate surface area is 188 Å². The number of nitrogens with one attached hydrogen (secondary N) is 1. The first-order chi connectivity index (χ1) is 14.4. The van der Waals surface area contributed by atoms with Gasteiger partial charge in [-0.05, 0) is 97.6 Å². The normalized spacial score (nSPS) is 32.9. The Balaban J connectivity index is 1.64. The van der Waals surface area contributed by atoms with E-state index in [4.69, 9.17) is 15.0 Å². The van der Waals surface area contributed by atoms with Crippen molar-refractivity contribution in [2.75, 3.05) is 19.6 Å². The van der Waals surface area contributed by atoms with Crippen LogP contribution >= 0.6 is 0 Å². The molecule has 3 aliphatic rings. The molecule has 3 atom stereocenters. The summed E-state index contributed by atoms with van der Waals surface area (Å²) in [5, 5.41) is 3.01. The first-order valence-corrected chi connectivity index (χ1v) is 12.1. The van der Waals surface area contributed by atoms with Crippen LogP contribution in [0, 0.1) is 11.8 Å². The lowest BCUT2D eigenvalue weighted by Crippen LogP contribution is -2.64. The van der Waals surface area contributed by atoms with Gasteiger partial charge in [-0.3, -0.25) is 9.59 Å². The second-order valence-electron chi connectivity index (χ2n) is 11.0. The van der Waals surface area contributed by atoms with Gasteiger partial charge in [0.1, 0.15) is 5.54 Å². The second kappa shape index (κ2) is 9.40. The number of carbonyl (C=O) groups is 2. The number of primary amides is 1. The van der Waals surface area contributed by atoms with Crippen LogP contribution in [0.1, 0.15) is 79.6 Å². The third-order valence-corrected chi connectivity index (χ3v) is 8.17. The summed E-state index contributed by atoms with van der Waals surface area (Å²) in [5.41, 5.74) is 4.34. The molecule has 2 saturated heterocycles. The topological polar surface area (TPSA) is 93.9 Å². The summed E-state index contributed by atoms with van der Waals surface area (Å²) in [6.45, 7) is 13.0. The van der Waals surface area contributed by atoms with Crippen LogP contribution < -0.4 is 11.1 Å². The zero-order chi connectivity index (χ0) is 22.9. The van der Waals surface area contributed by atoms with Gasteiger partial charge < -0.3 is 25.3 Å². The maximum absolute atomic E-state index is 12.7. The third kappa shape index (κ3) is 5.45. The SMILES string of the molecule is CC(=O)NC1(C(N)=O)C[C@H](CCB2OC(C)(C)C(C)(C)O2)CCC1CCN1CCCC1. The van der Waals surface area contributed by atoms with E-state index in [0.717, 1.165) is 51.6 Å². The molecule has 1 aliphatic carbocycles. The van der Waals surface area contributed by atoms with Gasteiger partial charge in [0.05, 0.1) is 11.2 Å². The Bertz CT molecular complexity index is 649. The van der Waals surface area contributed by atoms with Crippen molar-refractivity contribution in [2.45, 2.75) is 103 Å². The summed E-state index contributed by atoms with van der Waals surface area (Å²) >= 11 is 0. The van der Waals surface area contributed by atoms with Crippen molar-refractivity contribution in [3.63, 3.8) is 0 Å². The summed E-state index contributed by atoms with van der Waals surface area (Å²) in [7, 11) is -0.235. The van der Waals surface area contributed by atoms with E-state index < -0.39 is 11.4 Å². The van der Waals surface area contributed by atoms with Gasteiger partial charge in [-0.1, -0.05) is 12.8 Å². The molecule has 2 aliphatic heterocycles. The monoisotopic (exact) mass is 435 g/mol. The molecule has 2 heterocycles. The van der Waals surface area contributed by atoms with Crippen LogP contribution in [0.3, 0.4) is 0 Å². The van der Waals surface area contributed by atoms with E-state index in [9.17, 15) is 9.59 Å². The minimum Gasteiger partial charge on any atom is -0.403 e. The standard InChI is InChI=1S/C23H42BN3O4/c1-17(28)26-23(20(25)29)16-18(8-9-19(23)11-15-27-13-6-7-14-27)10-12-24-30-21(2,3)22(4,5)31-24/h18-19H,6-16H2,1-5H3,(H2,25,29)(H,26,28)/t18-,19?,23?/m0/s1. The molecule has 0 aromatic carbocycles. The molecular formula is C23H42BN3O4. The number of hydrogen-bond donors (Lipinski definition) is 2. The first kappa shape index (κ1) is 24.5. The van der Waals surface area contributed by atoms with E-state index >= 15 is 0 Å². The summed E-state index contributed by atoms with van der Waals surface area (Å²) in [4.78, 5) is 27.3. The van der Waals surface area contributed by atoms with Crippen LogP contribution in [0.2, 0.25) is 6.32 Å². The fourth-order valence-corrected chi connectivity index (χ4v) is 5.67. The zero-order valence-electron chi connectivity index (χ0n) is 20.2. The summed E-state index contributed by atoms with van der Waals surface area (Å²) < 4.78 is 12.3. The lowest BCUT2D eigenvalue weighted by Gasteiger charge is -2.45. The number of rotatable bonds is 8. The molecule has 8 heteroatoms. The van der Waals surface area contributed by atoms with Crippen molar-refractivity contribution < 1.29 is 18.9 Å². The first-order valence-electron chi connectivity index (χ1n) is 12.1. The largest absolute Gasteiger partial charge is 0.457 e. The minimum atomic E-state index is -0.954. The summed E-state index contributed by atoms with van der Waals surface area (Å²) in [6.07, 6.45) is 7.62. The molecular weight excluding hydrogens is 393 g/mol. The van der Waals surface area contributed by atoms with Gasteiger partial charge in [-0.25, -0.2) is 0 Å². The Morgan fingerprint density at radius 3 is 2.23 bits per heavy atom. The molecule has 3 fully saturated rings. The highest BCUT2D eigenvalue weighted by molar-refractivity contribution is 6.45. The predicted octanol–water partition coefficient (Wildman–Crippen LogP) is 2.73. The highest BCUT2D eigenvalue weighted by Gasteiger charge is 2.52. The zero-order valence-corrected chi connectivity index (χ0v) is 20.2. The quantitative estimate of drug-likeness (QED) is 0.572. The average molecular weight is 435 g/mol. The van der Waals surface area contributed by atoms with Crippen LogP contribution in [0.25, 0.3) is 0 Å². The highest BCUT2D eigenvalue weighted by atomic mass is 16.7. The molecule has 0 aromatic rings. The van der Waals surface area contributed by atoms with Crippen molar-refractivity contribution in [3.8, 4) is 0 Å². The Hall–Kier alpha value is -1.12. The van der Waals surface area contributed by atoms with E-state index in [1.807, 2.05) is 0 Å². The van der Waals surface area contributed by atoms with Gasteiger partial charge in [0.2, 0.25) is 11.8 Å². The Morgan fingerprint density at radius 1 is 1.06 bits per heavy atom. The molecule has 0 spiro atoms. The third-order valence-electron chi connectivity index (χ3n) is 8.17. The molecule has 176 valence electrons. The van der Waals surface area contributed by atoms with Crippen LogP contribution in [0.4, 0.5) is 0 Å². The van der Waals surface area contributed by atoms with Crippen molar-refractivity contribution in [1.29, 1.82) is 0 Å². The molecule has 0 aromatic heterocycles. The van der Waals surface area contributed by atoms with E-state index in [0.29, 0.717) is 12.3 Å². The van der Waals surface area contributed by atoms with Gasteiger partial charge >= 0.3 is 7.12 Å². The van der Waals surface area contributed by atoms with Gasteiger partial charge in [0.25, 0.3) is 0 Å². The fourth-order valence-electron chi connectivity index (χ4n) is 5.67. The number of likely N-dealkylation sites (tertiary alicyclic amines) is 1. The van der Waals surface area contributed by atoms with Crippen molar-refractivity contribution in [1.82, 2.24) is 10.2 Å². The molecule has 7 nitrogen and oxygen atoms in total. The molecule has 0 bridgehead atoms. The molecule has 1 saturated carbocycles. The smallest absolute Gasteiger partial charge is 0.403 e.